The van der Waals surface area contributed by atoms with Crippen molar-refractivity contribution in [3.8, 4) is 61.6 Å². The van der Waals surface area contributed by atoms with Gasteiger partial charge in [-0.2, -0.15) is 0 Å². The fraction of sp³-hybridized carbons (Fsp3) is 0.0847. The molecule has 2 heterocycles. The smallest absolute Gasteiger partial charge is 0.0620 e. The van der Waals surface area contributed by atoms with Crippen molar-refractivity contribution in [2.75, 3.05) is 0 Å². The second-order valence-electron chi connectivity index (χ2n) is 16.3. The van der Waals surface area contributed by atoms with E-state index in [4.69, 9.17) is 0 Å². The summed E-state index contributed by atoms with van der Waals surface area (Å²) in [6, 6.07) is 71.5. The second kappa shape index (κ2) is 15.3. The Hall–Kier alpha value is -7.42. The molecular weight excluding hydrogens is 737 g/mol. The summed E-state index contributed by atoms with van der Waals surface area (Å²) in [4.78, 5) is 0. The van der Waals surface area contributed by atoms with E-state index in [1.807, 2.05) is 0 Å². The Morgan fingerprint density at radius 2 is 0.918 bits per heavy atom. The number of rotatable bonds is 8. The molecule has 0 fully saturated rings. The van der Waals surface area contributed by atoms with Crippen molar-refractivity contribution < 1.29 is 0 Å². The standard InChI is InChI=1S/C59H46N2/c1-3-60-50-32-20-19-31-48(50)49-39-47(37-38-51(49)60)61-58(45-27-15-7-16-28-45)56-54(43-25-13-6-14-26-43)52(41-21-9-4-10-22-41)53(42-23-11-5-12-24-42)55(44-35-33-40(2)34-36-44)57(56)59(61)46-29-17-8-18-30-46/h4-33,35-40H,3,34H2,1-2H3. The van der Waals surface area contributed by atoms with E-state index in [1.165, 1.54) is 99.6 Å². The third kappa shape index (κ3) is 6.09. The zero-order valence-electron chi connectivity index (χ0n) is 34.6. The Bertz CT molecular complexity index is 3280. The molecule has 0 radical (unpaired) electrons. The molecule has 1 aliphatic carbocycles. The number of aryl methyl sites for hydroxylation is 1. The summed E-state index contributed by atoms with van der Waals surface area (Å²) in [5.41, 5.74) is 18.2. The maximum absolute atomic E-state index is 2.60. The molecule has 61 heavy (non-hydrogen) atoms. The highest BCUT2D eigenvalue weighted by Gasteiger charge is 2.33. The highest BCUT2D eigenvalue weighted by molar-refractivity contribution is 6.24. The topological polar surface area (TPSA) is 9.86 Å². The maximum Gasteiger partial charge on any atom is 0.0620 e. The molecule has 0 aliphatic heterocycles. The van der Waals surface area contributed by atoms with Crippen LogP contribution >= 0.6 is 0 Å². The van der Waals surface area contributed by atoms with E-state index < -0.39 is 0 Å². The average molecular weight is 783 g/mol. The molecule has 1 atom stereocenters. The number of para-hydroxylation sites is 1. The zero-order valence-corrected chi connectivity index (χ0v) is 34.6. The van der Waals surface area contributed by atoms with E-state index in [9.17, 15) is 0 Å². The van der Waals surface area contributed by atoms with Gasteiger partial charge in [-0.05, 0) is 93.6 Å². The van der Waals surface area contributed by atoms with Crippen LogP contribution in [0.4, 0.5) is 0 Å². The van der Waals surface area contributed by atoms with Gasteiger partial charge >= 0.3 is 0 Å². The number of allylic oxidation sites excluding steroid dienone is 4. The van der Waals surface area contributed by atoms with E-state index in [-0.39, 0.29) is 0 Å². The SMILES string of the molecule is CCn1c2ccccc2c2cc(-n3c(-c4ccccc4)c4c(C5=CCC(C)C=C5)c(-c5ccccc5)c(-c5ccccc5)c(-c5ccccc5)c4c3-c3ccccc3)ccc21. The molecule has 1 aliphatic rings. The predicted molar refractivity (Wildman–Crippen MR) is 260 cm³/mol. The van der Waals surface area contributed by atoms with Gasteiger partial charge in [0.2, 0.25) is 0 Å². The van der Waals surface area contributed by atoms with Crippen LogP contribution in [0.25, 0.3) is 99.7 Å². The number of benzene rings is 8. The molecule has 11 rings (SSSR count). The number of fused-ring (bicyclic) bond motifs is 4. The quantitative estimate of drug-likeness (QED) is 0.145. The van der Waals surface area contributed by atoms with Crippen molar-refractivity contribution in [1.29, 1.82) is 0 Å². The molecule has 0 bridgehead atoms. The zero-order chi connectivity index (χ0) is 40.9. The van der Waals surface area contributed by atoms with E-state index in [0.29, 0.717) is 5.92 Å². The molecule has 2 aromatic heterocycles. The first-order chi connectivity index (χ1) is 30.2. The third-order valence-electron chi connectivity index (χ3n) is 12.6. The fourth-order valence-corrected chi connectivity index (χ4v) is 9.96. The van der Waals surface area contributed by atoms with Crippen molar-refractivity contribution >= 4 is 38.2 Å². The molecule has 2 nitrogen and oxygen atoms in total. The van der Waals surface area contributed by atoms with Crippen LogP contribution < -0.4 is 0 Å². The number of nitrogens with zero attached hydrogens (tertiary/aromatic N) is 2. The molecule has 292 valence electrons. The van der Waals surface area contributed by atoms with Crippen molar-refractivity contribution in [3.05, 3.63) is 218 Å². The lowest BCUT2D eigenvalue weighted by atomic mass is 9.77. The Balaban J connectivity index is 1.45. The van der Waals surface area contributed by atoms with Crippen LogP contribution in [0.3, 0.4) is 0 Å². The van der Waals surface area contributed by atoms with Gasteiger partial charge in [-0.1, -0.05) is 195 Å². The predicted octanol–water partition coefficient (Wildman–Crippen LogP) is 16.1. The van der Waals surface area contributed by atoms with E-state index in [0.717, 1.165) is 18.7 Å². The van der Waals surface area contributed by atoms with Crippen LogP contribution in [0.5, 0.6) is 0 Å². The van der Waals surface area contributed by atoms with Crippen LogP contribution in [0, 0.1) is 5.92 Å². The molecule has 1 unspecified atom stereocenters. The Morgan fingerprint density at radius 1 is 0.459 bits per heavy atom. The molecule has 2 heteroatoms. The van der Waals surface area contributed by atoms with Gasteiger partial charge in [0.25, 0.3) is 0 Å². The number of aromatic nitrogens is 2. The Labute approximate surface area is 358 Å². The molecule has 0 amide bonds. The molecule has 0 saturated carbocycles. The van der Waals surface area contributed by atoms with Crippen LogP contribution in [-0.4, -0.2) is 9.13 Å². The van der Waals surface area contributed by atoms with Gasteiger partial charge in [0, 0.05) is 50.4 Å². The summed E-state index contributed by atoms with van der Waals surface area (Å²) in [5, 5.41) is 5.03. The molecule has 8 aromatic carbocycles. The average Bonchev–Trinajstić information content (AvgIpc) is 3.85. The molecular formula is C59H46N2. The van der Waals surface area contributed by atoms with Gasteiger partial charge in [0.05, 0.1) is 11.4 Å². The molecule has 0 saturated heterocycles. The van der Waals surface area contributed by atoms with Crippen LogP contribution in [0.1, 0.15) is 25.8 Å². The van der Waals surface area contributed by atoms with Gasteiger partial charge in [-0.3, -0.25) is 0 Å². The van der Waals surface area contributed by atoms with Crippen LogP contribution in [0.2, 0.25) is 0 Å². The highest BCUT2D eigenvalue weighted by atomic mass is 15.0. The van der Waals surface area contributed by atoms with E-state index >= 15 is 0 Å². The summed E-state index contributed by atoms with van der Waals surface area (Å²) < 4.78 is 5.05. The largest absolute Gasteiger partial charge is 0.341 e. The molecule has 0 spiro atoms. The van der Waals surface area contributed by atoms with Gasteiger partial charge in [0.15, 0.2) is 0 Å². The highest BCUT2D eigenvalue weighted by Crippen LogP contribution is 2.56. The van der Waals surface area contributed by atoms with E-state index in [2.05, 4.69) is 235 Å². The number of hydrogen-bond acceptors (Lipinski definition) is 0. The monoisotopic (exact) mass is 782 g/mol. The third-order valence-corrected chi connectivity index (χ3v) is 12.6. The lowest BCUT2D eigenvalue weighted by molar-refractivity contribution is 0.739. The lowest BCUT2D eigenvalue weighted by Gasteiger charge is -2.25. The van der Waals surface area contributed by atoms with Gasteiger partial charge in [-0.25, -0.2) is 0 Å². The second-order valence-corrected chi connectivity index (χ2v) is 16.3. The summed E-state index contributed by atoms with van der Waals surface area (Å²) in [6.45, 7) is 5.46. The minimum Gasteiger partial charge on any atom is -0.341 e. The first kappa shape index (κ1) is 36.6. The van der Waals surface area contributed by atoms with Crippen LogP contribution in [-0.2, 0) is 6.54 Å². The summed E-state index contributed by atoms with van der Waals surface area (Å²) in [7, 11) is 0. The first-order valence-corrected chi connectivity index (χ1v) is 21.6. The van der Waals surface area contributed by atoms with Crippen molar-refractivity contribution in [1.82, 2.24) is 9.13 Å². The van der Waals surface area contributed by atoms with Crippen molar-refractivity contribution in [2.24, 2.45) is 5.92 Å². The minimum atomic E-state index is 0.464. The molecule has 0 N–H and O–H groups in total. The minimum absolute atomic E-state index is 0.464. The maximum atomic E-state index is 2.60. The normalized spacial score (nSPS) is 13.9. The first-order valence-electron chi connectivity index (χ1n) is 21.6. The number of hydrogen-bond donors (Lipinski definition) is 0. The Morgan fingerprint density at radius 3 is 1.44 bits per heavy atom. The van der Waals surface area contributed by atoms with E-state index in [1.54, 1.807) is 0 Å². The fourth-order valence-electron chi connectivity index (χ4n) is 9.96. The summed E-state index contributed by atoms with van der Waals surface area (Å²) in [5.74, 6) is 0.464. The summed E-state index contributed by atoms with van der Waals surface area (Å²) in [6.07, 6.45) is 8.26. The Kier molecular flexibility index (Phi) is 9.20. The summed E-state index contributed by atoms with van der Waals surface area (Å²) >= 11 is 0. The van der Waals surface area contributed by atoms with Crippen molar-refractivity contribution in [2.45, 2.75) is 26.8 Å². The lowest BCUT2D eigenvalue weighted by Crippen LogP contribution is -2.02. The molecule has 10 aromatic rings. The van der Waals surface area contributed by atoms with Crippen molar-refractivity contribution in [3.63, 3.8) is 0 Å². The van der Waals surface area contributed by atoms with Gasteiger partial charge < -0.3 is 9.13 Å². The van der Waals surface area contributed by atoms with Gasteiger partial charge in [-0.15, -0.1) is 0 Å². The van der Waals surface area contributed by atoms with Crippen LogP contribution in [0.15, 0.2) is 212 Å². The van der Waals surface area contributed by atoms with Gasteiger partial charge in [0.1, 0.15) is 0 Å².